The highest BCUT2D eigenvalue weighted by Gasteiger charge is 2.38. The lowest BCUT2D eigenvalue weighted by Gasteiger charge is -2.42. The molecule has 2 rings (SSSR count). The molecule has 3 atom stereocenters. The predicted molar refractivity (Wildman–Crippen MR) is 104 cm³/mol. The van der Waals surface area contributed by atoms with Crippen molar-refractivity contribution in [2.24, 2.45) is 11.8 Å². The summed E-state index contributed by atoms with van der Waals surface area (Å²) in [6, 6.07) is 4.58. The maximum atomic E-state index is 13.1. The molecule has 1 heterocycles. The minimum Gasteiger partial charge on any atom is -0.382 e. The van der Waals surface area contributed by atoms with Gasteiger partial charge >= 0.3 is 6.18 Å². The molecule has 0 aliphatic carbocycles. The quantitative estimate of drug-likeness (QED) is 0.475. The normalized spacial score (nSPS) is 19.6. The lowest BCUT2D eigenvalue weighted by molar-refractivity contribution is -0.152. The second kappa shape index (κ2) is 9.65. The van der Waals surface area contributed by atoms with Crippen molar-refractivity contribution in [1.29, 1.82) is 0 Å². The van der Waals surface area contributed by atoms with Crippen molar-refractivity contribution in [2.75, 3.05) is 24.5 Å². The largest absolute Gasteiger partial charge is 0.416 e. The first-order chi connectivity index (χ1) is 14.0. The lowest BCUT2D eigenvalue weighted by atomic mass is 9.89. The van der Waals surface area contributed by atoms with Crippen LogP contribution in [0.2, 0.25) is 0 Å². The van der Waals surface area contributed by atoms with Gasteiger partial charge < -0.3 is 14.9 Å². The highest BCUT2D eigenvalue weighted by atomic mass is 19.4. The molecule has 0 spiro atoms. The number of amides is 2. The Bertz CT molecular complexity index is 740. The van der Waals surface area contributed by atoms with Gasteiger partial charge in [-0.25, -0.2) is 5.48 Å². The number of nitrogens with one attached hydrogen (secondary N) is 1. The van der Waals surface area contributed by atoms with Gasteiger partial charge in [0.25, 0.3) is 5.91 Å². The zero-order valence-electron chi connectivity index (χ0n) is 17.2. The van der Waals surface area contributed by atoms with Crippen LogP contribution in [-0.4, -0.2) is 58.8 Å². The lowest BCUT2D eigenvalue weighted by Crippen LogP contribution is -2.57. The summed E-state index contributed by atoms with van der Waals surface area (Å²) >= 11 is 0. The third-order valence-electron chi connectivity index (χ3n) is 5.27. The maximum Gasteiger partial charge on any atom is 0.416 e. The summed E-state index contributed by atoms with van der Waals surface area (Å²) in [4.78, 5) is 28.2. The number of halogens is 3. The number of anilines is 1. The van der Waals surface area contributed by atoms with Crippen LogP contribution in [0, 0.1) is 11.8 Å². The summed E-state index contributed by atoms with van der Waals surface area (Å²) in [6.45, 7) is 6.61. The van der Waals surface area contributed by atoms with Crippen molar-refractivity contribution in [2.45, 2.75) is 45.5 Å². The van der Waals surface area contributed by atoms with Crippen LogP contribution in [0.1, 0.15) is 32.8 Å². The molecule has 1 saturated heterocycles. The predicted octanol–water partition coefficient (Wildman–Crippen LogP) is 2.27. The molecule has 2 amide bonds. The Morgan fingerprint density at radius 3 is 2.27 bits per heavy atom. The van der Waals surface area contributed by atoms with E-state index in [1.165, 1.54) is 17.6 Å². The molecule has 7 nitrogen and oxygen atoms in total. The van der Waals surface area contributed by atoms with Gasteiger partial charge in [0.15, 0.2) is 0 Å². The van der Waals surface area contributed by atoms with Gasteiger partial charge in [0.1, 0.15) is 6.10 Å². The van der Waals surface area contributed by atoms with E-state index in [0.717, 1.165) is 12.1 Å². The fraction of sp³-hybridized carbons (Fsp3) is 0.600. The van der Waals surface area contributed by atoms with E-state index in [9.17, 15) is 27.9 Å². The van der Waals surface area contributed by atoms with Gasteiger partial charge in [-0.05, 0) is 43.5 Å². The number of rotatable bonds is 6. The number of carbonyl (C=O) groups is 2. The molecule has 30 heavy (non-hydrogen) atoms. The molecule has 10 heteroatoms. The fourth-order valence-corrected chi connectivity index (χ4v) is 3.72. The molecule has 1 fully saturated rings. The third-order valence-corrected chi connectivity index (χ3v) is 5.27. The zero-order chi connectivity index (χ0) is 22.6. The molecule has 0 aromatic heterocycles. The number of hydrogen-bond donors (Lipinski definition) is 3. The molecule has 0 saturated carbocycles. The molecule has 0 radical (unpaired) electrons. The van der Waals surface area contributed by atoms with Crippen LogP contribution in [0.4, 0.5) is 18.9 Å². The summed E-state index contributed by atoms with van der Waals surface area (Å²) in [5.74, 6) is -2.40. The standard InChI is InChI=1S/C20H28F3N3O4/c1-12(2)10-16(17(27)18(28)24-30)19(29)26-9-8-25(11-13(26)3)15-6-4-14(5-7-15)20(21,22)23/h4-7,12-13,16-17,27,30H,8-11H2,1-3H3,(H,24,28)/t13-,16+,17-/m1/s1. The average Bonchev–Trinajstić information content (AvgIpc) is 2.69. The Kier molecular flexibility index (Phi) is 7.70. The second-order valence-corrected chi connectivity index (χ2v) is 8.03. The summed E-state index contributed by atoms with van der Waals surface area (Å²) in [5, 5.41) is 19.0. The number of alkyl halides is 3. The van der Waals surface area contributed by atoms with Crippen molar-refractivity contribution in [3.63, 3.8) is 0 Å². The highest BCUT2D eigenvalue weighted by Crippen LogP contribution is 2.31. The van der Waals surface area contributed by atoms with Gasteiger partial charge in [-0.2, -0.15) is 13.2 Å². The Balaban J connectivity index is 2.11. The van der Waals surface area contributed by atoms with Crippen molar-refractivity contribution in [1.82, 2.24) is 10.4 Å². The van der Waals surface area contributed by atoms with E-state index in [1.807, 2.05) is 18.7 Å². The first-order valence-electron chi connectivity index (χ1n) is 9.80. The SMILES string of the molecule is CC(C)C[C@H](C(=O)N1CCN(c2ccc(C(F)(F)F)cc2)C[C@H]1C)[C@@H](O)C(=O)NO. The first-order valence-corrected chi connectivity index (χ1v) is 9.80. The fourth-order valence-electron chi connectivity index (χ4n) is 3.72. The smallest absolute Gasteiger partial charge is 0.382 e. The van der Waals surface area contributed by atoms with Crippen molar-refractivity contribution < 1.29 is 33.1 Å². The van der Waals surface area contributed by atoms with Gasteiger partial charge in [-0.3, -0.25) is 14.8 Å². The van der Waals surface area contributed by atoms with E-state index in [2.05, 4.69) is 0 Å². The van der Waals surface area contributed by atoms with Crippen molar-refractivity contribution in [3.8, 4) is 0 Å². The van der Waals surface area contributed by atoms with Crippen LogP contribution in [0.25, 0.3) is 0 Å². The summed E-state index contributed by atoms with van der Waals surface area (Å²) in [5.41, 5.74) is 1.29. The Morgan fingerprint density at radius 1 is 1.20 bits per heavy atom. The van der Waals surface area contributed by atoms with Crippen molar-refractivity contribution in [3.05, 3.63) is 29.8 Å². The monoisotopic (exact) mass is 431 g/mol. The third kappa shape index (κ3) is 5.63. The minimum atomic E-state index is -4.40. The van der Waals surface area contributed by atoms with E-state index in [4.69, 9.17) is 5.21 Å². The molecular weight excluding hydrogens is 403 g/mol. The average molecular weight is 431 g/mol. The summed E-state index contributed by atoms with van der Waals surface area (Å²) in [6.07, 6.45) is -5.81. The number of hydrogen-bond acceptors (Lipinski definition) is 5. The van der Waals surface area contributed by atoms with Gasteiger partial charge in [0.05, 0.1) is 11.5 Å². The Labute approximate surface area is 173 Å². The number of benzene rings is 1. The van der Waals surface area contributed by atoms with Gasteiger partial charge in [0, 0.05) is 31.4 Å². The molecule has 3 N–H and O–H groups in total. The van der Waals surface area contributed by atoms with E-state index in [1.54, 1.807) is 11.8 Å². The van der Waals surface area contributed by atoms with E-state index in [0.29, 0.717) is 25.3 Å². The zero-order valence-corrected chi connectivity index (χ0v) is 17.2. The molecule has 1 aliphatic rings. The van der Waals surface area contributed by atoms with Crippen molar-refractivity contribution >= 4 is 17.5 Å². The molecular formula is C20H28F3N3O4. The van der Waals surface area contributed by atoms with Crippen LogP contribution in [-0.2, 0) is 15.8 Å². The van der Waals surface area contributed by atoms with E-state index < -0.39 is 29.7 Å². The summed E-state index contributed by atoms with van der Waals surface area (Å²) in [7, 11) is 0. The molecule has 1 aliphatic heterocycles. The molecule has 168 valence electrons. The molecule has 1 aromatic rings. The molecule has 0 unspecified atom stereocenters. The van der Waals surface area contributed by atoms with Crippen LogP contribution in [0.5, 0.6) is 0 Å². The van der Waals surface area contributed by atoms with Gasteiger partial charge in [-0.15, -0.1) is 0 Å². The van der Waals surface area contributed by atoms with Crippen LogP contribution < -0.4 is 10.4 Å². The Hall–Kier alpha value is -2.33. The van der Waals surface area contributed by atoms with Gasteiger partial charge in [-0.1, -0.05) is 13.8 Å². The number of piperazine rings is 1. The number of nitrogens with zero attached hydrogens (tertiary/aromatic N) is 2. The van der Waals surface area contributed by atoms with Crippen LogP contribution in [0.3, 0.4) is 0 Å². The van der Waals surface area contributed by atoms with Crippen LogP contribution in [0.15, 0.2) is 24.3 Å². The number of carbonyl (C=O) groups excluding carboxylic acids is 2. The van der Waals surface area contributed by atoms with Crippen LogP contribution >= 0.6 is 0 Å². The first kappa shape index (κ1) is 23.9. The topological polar surface area (TPSA) is 93.1 Å². The number of aliphatic hydroxyl groups is 1. The minimum absolute atomic E-state index is 0.0313. The maximum absolute atomic E-state index is 13.1. The van der Waals surface area contributed by atoms with Gasteiger partial charge in [0.2, 0.25) is 5.91 Å². The molecule has 1 aromatic carbocycles. The van der Waals surface area contributed by atoms with E-state index in [-0.39, 0.29) is 24.3 Å². The Morgan fingerprint density at radius 2 is 1.80 bits per heavy atom. The number of hydroxylamine groups is 1. The highest BCUT2D eigenvalue weighted by molar-refractivity contribution is 5.89. The van der Waals surface area contributed by atoms with E-state index >= 15 is 0 Å². The summed E-state index contributed by atoms with van der Waals surface area (Å²) < 4.78 is 38.3. The number of aliphatic hydroxyl groups excluding tert-OH is 1. The second-order valence-electron chi connectivity index (χ2n) is 8.03. The molecule has 0 bridgehead atoms.